The van der Waals surface area contributed by atoms with Crippen molar-refractivity contribution in [2.24, 2.45) is 5.73 Å². The number of pyridine rings is 1. The second-order valence-corrected chi connectivity index (χ2v) is 4.91. The molecule has 106 valence electrons. The van der Waals surface area contributed by atoms with E-state index in [-0.39, 0.29) is 18.2 Å². The summed E-state index contributed by atoms with van der Waals surface area (Å²) in [6.45, 7) is 3.72. The second kappa shape index (κ2) is 6.32. The van der Waals surface area contributed by atoms with Crippen molar-refractivity contribution in [3.63, 3.8) is 0 Å². The summed E-state index contributed by atoms with van der Waals surface area (Å²) in [6.07, 6.45) is 3.01. The van der Waals surface area contributed by atoms with Gasteiger partial charge in [0, 0.05) is 33.4 Å². The van der Waals surface area contributed by atoms with E-state index >= 15 is 0 Å². The molecule has 0 amide bonds. The first-order valence-corrected chi connectivity index (χ1v) is 6.71. The van der Waals surface area contributed by atoms with Crippen LogP contribution in [0.3, 0.4) is 0 Å². The third-order valence-corrected chi connectivity index (χ3v) is 3.78. The van der Waals surface area contributed by atoms with E-state index in [0.717, 1.165) is 30.9 Å². The topological polar surface area (TPSA) is 60.6 Å². The maximum Gasteiger partial charge on any atom is 0.102 e. The Morgan fingerprint density at radius 1 is 1.32 bits per heavy atom. The lowest BCUT2D eigenvalue weighted by Gasteiger charge is -2.18. The standard InChI is InChI=1S/C14H23N3O2/c1-4-11(15)12-6-5-10(7-16-12)17-8-13(18-2)14(9-17)19-3/h5-7,11,13-14H,4,8-9,15H2,1-3H3/t11-,13?,14?/m1/s1. The van der Waals surface area contributed by atoms with Crippen LogP contribution < -0.4 is 10.6 Å². The van der Waals surface area contributed by atoms with Gasteiger partial charge in [-0.1, -0.05) is 6.92 Å². The molecule has 5 heteroatoms. The summed E-state index contributed by atoms with van der Waals surface area (Å²) in [6, 6.07) is 4.10. The highest BCUT2D eigenvalue weighted by atomic mass is 16.5. The molecule has 1 fully saturated rings. The first kappa shape index (κ1) is 14.2. The summed E-state index contributed by atoms with van der Waals surface area (Å²) in [7, 11) is 3.45. The molecule has 1 saturated heterocycles. The number of hydrogen-bond acceptors (Lipinski definition) is 5. The number of anilines is 1. The average molecular weight is 265 g/mol. The van der Waals surface area contributed by atoms with Crippen molar-refractivity contribution in [1.29, 1.82) is 0 Å². The highest BCUT2D eigenvalue weighted by Crippen LogP contribution is 2.23. The summed E-state index contributed by atoms with van der Waals surface area (Å²) in [5, 5.41) is 0. The maximum absolute atomic E-state index is 5.97. The smallest absolute Gasteiger partial charge is 0.102 e. The Hall–Kier alpha value is -1.17. The largest absolute Gasteiger partial charge is 0.377 e. The van der Waals surface area contributed by atoms with Crippen LogP contribution in [0.1, 0.15) is 25.1 Å². The Morgan fingerprint density at radius 3 is 2.37 bits per heavy atom. The predicted molar refractivity (Wildman–Crippen MR) is 75.3 cm³/mol. The summed E-state index contributed by atoms with van der Waals surface area (Å²) in [4.78, 5) is 6.68. The van der Waals surface area contributed by atoms with Gasteiger partial charge >= 0.3 is 0 Å². The second-order valence-electron chi connectivity index (χ2n) is 4.91. The molecule has 1 aromatic rings. The number of nitrogens with two attached hydrogens (primary N) is 1. The number of nitrogens with zero attached hydrogens (tertiary/aromatic N) is 2. The Balaban J connectivity index is 2.07. The Kier molecular flexibility index (Phi) is 4.74. The lowest BCUT2D eigenvalue weighted by atomic mass is 10.1. The van der Waals surface area contributed by atoms with Crippen LogP contribution in [0.25, 0.3) is 0 Å². The maximum atomic E-state index is 5.97. The van der Waals surface area contributed by atoms with Crippen LogP contribution in [0, 0.1) is 0 Å². The molecule has 0 radical (unpaired) electrons. The van der Waals surface area contributed by atoms with Crippen LogP contribution in [0.4, 0.5) is 5.69 Å². The van der Waals surface area contributed by atoms with Crippen LogP contribution >= 0.6 is 0 Å². The van der Waals surface area contributed by atoms with Crippen molar-refractivity contribution in [2.45, 2.75) is 31.6 Å². The molecule has 19 heavy (non-hydrogen) atoms. The van der Waals surface area contributed by atoms with Gasteiger partial charge in [0.2, 0.25) is 0 Å². The van der Waals surface area contributed by atoms with Gasteiger partial charge in [0.1, 0.15) is 12.2 Å². The molecular formula is C14H23N3O2. The van der Waals surface area contributed by atoms with Crippen molar-refractivity contribution in [1.82, 2.24) is 4.98 Å². The zero-order valence-electron chi connectivity index (χ0n) is 11.9. The normalized spacial score (nSPS) is 24.7. The summed E-state index contributed by atoms with van der Waals surface area (Å²) >= 11 is 0. The third kappa shape index (κ3) is 3.05. The number of methoxy groups -OCH3 is 2. The molecule has 5 nitrogen and oxygen atoms in total. The molecule has 2 heterocycles. The zero-order valence-corrected chi connectivity index (χ0v) is 11.9. The molecular weight excluding hydrogens is 242 g/mol. The predicted octanol–water partition coefficient (Wildman–Crippen LogP) is 1.34. The van der Waals surface area contributed by atoms with Crippen molar-refractivity contribution >= 4 is 5.69 Å². The van der Waals surface area contributed by atoms with E-state index in [1.807, 2.05) is 12.3 Å². The van der Waals surface area contributed by atoms with Crippen LogP contribution in [0.5, 0.6) is 0 Å². The van der Waals surface area contributed by atoms with Crippen LogP contribution in [0.2, 0.25) is 0 Å². The van der Waals surface area contributed by atoms with E-state index in [0.29, 0.717) is 0 Å². The lowest BCUT2D eigenvalue weighted by molar-refractivity contribution is -0.00461. The third-order valence-electron chi connectivity index (χ3n) is 3.78. The minimum atomic E-state index is 0.0195. The van der Waals surface area contributed by atoms with Gasteiger partial charge in [-0.3, -0.25) is 4.98 Å². The summed E-state index contributed by atoms with van der Waals surface area (Å²) < 4.78 is 10.9. The average Bonchev–Trinajstić information content (AvgIpc) is 2.89. The van der Waals surface area contributed by atoms with Crippen molar-refractivity contribution in [2.75, 3.05) is 32.2 Å². The molecule has 3 atom stereocenters. The lowest BCUT2D eigenvalue weighted by Crippen LogP contribution is -2.27. The fourth-order valence-electron chi connectivity index (χ4n) is 2.42. The van der Waals surface area contributed by atoms with Gasteiger partial charge in [0.15, 0.2) is 0 Å². The fourth-order valence-corrected chi connectivity index (χ4v) is 2.42. The molecule has 0 saturated carbocycles. The van der Waals surface area contributed by atoms with Crippen molar-refractivity contribution in [3.05, 3.63) is 24.0 Å². The molecule has 0 spiro atoms. The van der Waals surface area contributed by atoms with Crippen molar-refractivity contribution < 1.29 is 9.47 Å². The van der Waals surface area contributed by atoms with Crippen LogP contribution in [-0.2, 0) is 9.47 Å². The van der Waals surface area contributed by atoms with E-state index in [1.54, 1.807) is 14.2 Å². The highest BCUT2D eigenvalue weighted by molar-refractivity contribution is 5.46. The molecule has 1 aromatic heterocycles. The molecule has 0 aliphatic carbocycles. The molecule has 1 aliphatic heterocycles. The van der Waals surface area contributed by atoms with E-state index in [2.05, 4.69) is 22.9 Å². The molecule has 2 N–H and O–H groups in total. The summed E-state index contributed by atoms with van der Waals surface area (Å²) in [5.41, 5.74) is 8.00. The first-order chi connectivity index (χ1) is 9.19. The van der Waals surface area contributed by atoms with Gasteiger partial charge in [-0.15, -0.1) is 0 Å². The zero-order chi connectivity index (χ0) is 13.8. The van der Waals surface area contributed by atoms with Gasteiger partial charge in [-0.2, -0.15) is 0 Å². The Labute approximate surface area is 114 Å². The van der Waals surface area contributed by atoms with Gasteiger partial charge in [-0.25, -0.2) is 0 Å². The molecule has 0 aromatic carbocycles. The van der Waals surface area contributed by atoms with Crippen LogP contribution in [0.15, 0.2) is 18.3 Å². The fraction of sp³-hybridized carbons (Fsp3) is 0.643. The Bertz CT molecular complexity index is 384. The van der Waals surface area contributed by atoms with Gasteiger partial charge in [0.25, 0.3) is 0 Å². The van der Waals surface area contributed by atoms with Crippen LogP contribution in [-0.4, -0.2) is 44.5 Å². The van der Waals surface area contributed by atoms with Gasteiger partial charge in [0.05, 0.1) is 17.6 Å². The minimum Gasteiger partial charge on any atom is -0.377 e. The van der Waals surface area contributed by atoms with E-state index < -0.39 is 0 Å². The van der Waals surface area contributed by atoms with E-state index in [9.17, 15) is 0 Å². The monoisotopic (exact) mass is 265 g/mol. The van der Waals surface area contributed by atoms with Gasteiger partial charge in [-0.05, 0) is 18.6 Å². The highest BCUT2D eigenvalue weighted by Gasteiger charge is 2.33. The van der Waals surface area contributed by atoms with E-state index in [1.165, 1.54) is 0 Å². The van der Waals surface area contributed by atoms with Gasteiger partial charge < -0.3 is 20.1 Å². The van der Waals surface area contributed by atoms with E-state index in [4.69, 9.17) is 15.2 Å². The number of rotatable bonds is 5. The van der Waals surface area contributed by atoms with Crippen molar-refractivity contribution in [3.8, 4) is 0 Å². The molecule has 2 unspecified atom stereocenters. The molecule has 1 aliphatic rings. The summed E-state index contributed by atoms with van der Waals surface area (Å²) in [5.74, 6) is 0. The first-order valence-electron chi connectivity index (χ1n) is 6.71. The number of aromatic nitrogens is 1. The Morgan fingerprint density at radius 2 is 1.95 bits per heavy atom. The number of ether oxygens (including phenoxy) is 2. The minimum absolute atomic E-state index is 0.0195. The SMILES string of the molecule is CC[C@@H](N)c1ccc(N2CC(OC)C(OC)C2)cn1. The molecule has 0 bridgehead atoms. The molecule has 2 rings (SSSR count). The number of hydrogen-bond donors (Lipinski definition) is 1. The quantitative estimate of drug-likeness (QED) is 0.870.